The molecule has 0 heterocycles. The number of carbonyl (C=O) groups excluding carboxylic acids is 1. The monoisotopic (exact) mass is 287 g/mol. The van der Waals surface area contributed by atoms with Gasteiger partial charge in [0.15, 0.2) is 5.78 Å². The highest BCUT2D eigenvalue weighted by Crippen LogP contribution is 2.23. The molecule has 2 aromatic carbocycles. The summed E-state index contributed by atoms with van der Waals surface area (Å²) < 4.78 is 28.6. The molecule has 3 nitrogen and oxygen atoms in total. The SMILES string of the molecule is N#CC(C(=O)c1cccc(OC(F)F)c1)c1ccccc1. The van der Waals surface area contributed by atoms with Crippen LogP contribution in [0.1, 0.15) is 21.8 Å². The quantitative estimate of drug-likeness (QED) is 0.786. The lowest BCUT2D eigenvalue weighted by Crippen LogP contribution is -2.11. The molecular weight excluding hydrogens is 276 g/mol. The molecule has 21 heavy (non-hydrogen) atoms. The predicted octanol–water partition coefficient (Wildman–Crippen LogP) is 3.78. The normalized spacial score (nSPS) is 11.7. The van der Waals surface area contributed by atoms with Crippen molar-refractivity contribution in [3.05, 3.63) is 65.7 Å². The maximum absolute atomic E-state index is 12.3. The van der Waals surface area contributed by atoms with Gasteiger partial charge in [-0.15, -0.1) is 0 Å². The Hall–Kier alpha value is -2.74. The molecule has 0 aliphatic rings. The molecule has 0 radical (unpaired) electrons. The molecule has 0 amide bonds. The van der Waals surface area contributed by atoms with E-state index in [1.165, 1.54) is 24.3 Å². The van der Waals surface area contributed by atoms with E-state index >= 15 is 0 Å². The number of ketones is 1. The molecule has 0 N–H and O–H groups in total. The van der Waals surface area contributed by atoms with E-state index < -0.39 is 18.3 Å². The Balaban J connectivity index is 2.29. The van der Waals surface area contributed by atoms with Gasteiger partial charge in [0.05, 0.1) is 6.07 Å². The van der Waals surface area contributed by atoms with Gasteiger partial charge >= 0.3 is 6.61 Å². The van der Waals surface area contributed by atoms with Gasteiger partial charge in [-0.3, -0.25) is 4.79 Å². The molecule has 5 heteroatoms. The summed E-state index contributed by atoms with van der Waals surface area (Å²) in [5.41, 5.74) is 0.716. The van der Waals surface area contributed by atoms with E-state index in [4.69, 9.17) is 0 Å². The van der Waals surface area contributed by atoms with Crippen LogP contribution in [-0.4, -0.2) is 12.4 Å². The first-order valence-corrected chi connectivity index (χ1v) is 6.15. The largest absolute Gasteiger partial charge is 0.435 e. The van der Waals surface area contributed by atoms with Gasteiger partial charge in [0.25, 0.3) is 0 Å². The van der Waals surface area contributed by atoms with Gasteiger partial charge in [-0.1, -0.05) is 42.5 Å². The first-order chi connectivity index (χ1) is 10.1. The number of halogens is 2. The maximum atomic E-state index is 12.3. The number of Topliss-reactive ketones (excluding diaryl/α,β-unsaturated/α-hetero) is 1. The zero-order valence-corrected chi connectivity index (χ0v) is 10.9. The van der Waals surface area contributed by atoms with Crippen LogP contribution in [0.15, 0.2) is 54.6 Å². The third-order valence-corrected chi connectivity index (χ3v) is 2.87. The molecular formula is C16H11F2NO2. The van der Waals surface area contributed by atoms with Crippen LogP contribution in [0.3, 0.4) is 0 Å². The van der Waals surface area contributed by atoms with E-state index in [1.54, 1.807) is 30.3 Å². The Bertz CT molecular complexity index is 665. The van der Waals surface area contributed by atoms with Gasteiger partial charge in [-0.25, -0.2) is 0 Å². The van der Waals surface area contributed by atoms with E-state index in [0.29, 0.717) is 5.56 Å². The highest BCUT2D eigenvalue weighted by molar-refractivity contribution is 6.03. The first-order valence-electron chi connectivity index (χ1n) is 6.15. The van der Waals surface area contributed by atoms with E-state index in [0.717, 1.165) is 0 Å². The van der Waals surface area contributed by atoms with Crippen LogP contribution in [0.4, 0.5) is 8.78 Å². The van der Waals surface area contributed by atoms with Crippen LogP contribution in [0.2, 0.25) is 0 Å². The Morgan fingerprint density at radius 2 is 1.81 bits per heavy atom. The fraction of sp³-hybridized carbons (Fsp3) is 0.125. The summed E-state index contributed by atoms with van der Waals surface area (Å²) >= 11 is 0. The minimum Gasteiger partial charge on any atom is -0.435 e. The molecule has 0 saturated carbocycles. The second-order valence-electron chi connectivity index (χ2n) is 4.24. The standard InChI is InChI=1S/C16H11F2NO2/c17-16(18)21-13-8-4-7-12(9-13)15(20)14(10-19)11-5-2-1-3-6-11/h1-9,14,16H. The first kappa shape index (κ1) is 14.7. The zero-order chi connectivity index (χ0) is 15.2. The summed E-state index contributed by atoms with van der Waals surface area (Å²) in [6.07, 6.45) is 0. The lowest BCUT2D eigenvalue weighted by Gasteiger charge is -2.10. The minimum absolute atomic E-state index is 0.111. The molecule has 0 aliphatic heterocycles. The highest BCUT2D eigenvalue weighted by Gasteiger charge is 2.22. The van der Waals surface area contributed by atoms with Gasteiger partial charge in [-0.2, -0.15) is 14.0 Å². The molecule has 0 aromatic heterocycles. The number of carbonyl (C=O) groups is 1. The third-order valence-electron chi connectivity index (χ3n) is 2.87. The van der Waals surface area contributed by atoms with Crippen LogP contribution < -0.4 is 4.74 Å². The molecule has 0 aliphatic carbocycles. The molecule has 2 aromatic rings. The van der Waals surface area contributed by atoms with Crippen molar-refractivity contribution in [2.24, 2.45) is 0 Å². The van der Waals surface area contributed by atoms with Crippen molar-refractivity contribution >= 4 is 5.78 Å². The van der Waals surface area contributed by atoms with E-state index in [2.05, 4.69) is 4.74 Å². The molecule has 2 rings (SSSR count). The fourth-order valence-electron chi connectivity index (χ4n) is 1.92. The van der Waals surface area contributed by atoms with Crippen LogP contribution in [0.5, 0.6) is 5.75 Å². The van der Waals surface area contributed by atoms with Crippen molar-refractivity contribution in [1.82, 2.24) is 0 Å². The number of hydrogen-bond acceptors (Lipinski definition) is 3. The van der Waals surface area contributed by atoms with Crippen molar-refractivity contribution in [3.8, 4) is 11.8 Å². The van der Waals surface area contributed by atoms with Crippen LogP contribution in [-0.2, 0) is 0 Å². The predicted molar refractivity (Wildman–Crippen MR) is 72.2 cm³/mol. The second-order valence-corrected chi connectivity index (χ2v) is 4.24. The Labute approximate surface area is 120 Å². The number of nitriles is 1. The van der Waals surface area contributed by atoms with Crippen LogP contribution in [0, 0.1) is 11.3 Å². The fourth-order valence-corrected chi connectivity index (χ4v) is 1.92. The number of nitrogens with zero attached hydrogens (tertiary/aromatic N) is 1. The summed E-state index contributed by atoms with van der Waals surface area (Å²) in [4.78, 5) is 12.3. The number of rotatable bonds is 5. The summed E-state index contributed by atoms with van der Waals surface area (Å²) in [5.74, 6) is -1.54. The molecule has 0 fully saturated rings. The van der Waals surface area contributed by atoms with Crippen LogP contribution >= 0.6 is 0 Å². The van der Waals surface area contributed by atoms with Gasteiger partial charge < -0.3 is 4.74 Å². The van der Waals surface area contributed by atoms with Gasteiger partial charge in [0.2, 0.25) is 0 Å². The zero-order valence-electron chi connectivity index (χ0n) is 10.9. The summed E-state index contributed by atoms with van der Waals surface area (Å²) in [6, 6.07) is 15.9. The van der Waals surface area contributed by atoms with E-state index in [-0.39, 0.29) is 11.3 Å². The number of ether oxygens (including phenoxy) is 1. The maximum Gasteiger partial charge on any atom is 0.387 e. The molecule has 0 bridgehead atoms. The van der Waals surface area contributed by atoms with Gasteiger partial charge in [0.1, 0.15) is 11.7 Å². The highest BCUT2D eigenvalue weighted by atomic mass is 19.3. The van der Waals surface area contributed by atoms with Crippen molar-refractivity contribution in [2.75, 3.05) is 0 Å². The van der Waals surface area contributed by atoms with Crippen molar-refractivity contribution in [1.29, 1.82) is 5.26 Å². The van der Waals surface area contributed by atoms with Crippen molar-refractivity contribution < 1.29 is 18.3 Å². The summed E-state index contributed by atoms with van der Waals surface area (Å²) in [6.45, 7) is -2.96. The third kappa shape index (κ3) is 3.63. The number of benzene rings is 2. The van der Waals surface area contributed by atoms with Gasteiger partial charge in [0, 0.05) is 5.56 Å². The summed E-state index contributed by atoms with van der Waals surface area (Å²) in [5, 5.41) is 9.20. The lowest BCUT2D eigenvalue weighted by molar-refractivity contribution is -0.0498. The molecule has 0 saturated heterocycles. The molecule has 106 valence electrons. The lowest BCUT2D eigenvalue weighted by atomic mass is 9.92. The van der Waals surface area contributed by atoms with Crippen LogP contribution in [0.25, 0.3) is 0 Å². The summed E-state index contributed by atoms with van der Waals surface area (Å²) in [7, 11) is 0. The van der Waals surface area contributed by atoms with E-state index in [1.807, 2.05) is 6.07 Å². The smallest absolute Gasteiger partial charge is 0.387 e. The Morgan fingerprint density at radius 3 is 2.43 bits per heavy atom. The molecule has 1 unspecified atom stereocenters. The Morgan fingerprint density at radius 1 is 1.10 bits per heavy atom. The number of hydrogen-bond donors (Lipinski definition) is 0. The molecule has 0 spiro atoms. The van der Waals surface area contributed by atoms with Crippen molar-refractivity contribution in [3.63, 3.8) is 0 Å². The average Bonchev–Trinajstić information content (AvgIpc) is 2.48. The van der Waals surface area contributed by atoms with Gasteiger partial charge in [-0.05, 0) is 17.7 Å². The van der Waals surface area contributed by atoms with Crippen molar-refractivity contribution in [2.45, 2.75) is 12.5 Å². The topological polar surface area (TPSA) is 50.1 Å². The minimum atomic E-state index is -2.96. The Kier molecular flexibility index (Phi) is 4.62. The molecule has 1 atom stereocenters. The average molecular weight is 287 g/mol. The second kappa shape index (κ2) is 6.62. The van der Waals surface area contributed by atoms with E-state index in [9.17, 15) is 18.8 Å². The number of alkyl halides is 2.